The van der Waals surface area contributed by atoms with Gasteiger partial charge in [-0.2, -0.15) is 0 Å². The number of hydrogen-bond acceptors (Lipinski definition) is 5. The second-order valence-electron chi connectivity index (χ2n) is 9.14. The predicted molar refractivity (Wildman–Crippen MR) is 121 cm³/mol. The van der Waals surface area contributed by atoms with E-state index in [1.54, 1.807) is 12.3 Å². The lowest BCUT2D eigenvalue weighted by Crippen LogP contribution is -2.40. The number of fused-ring (bicyclic) bond motifs is 2. The number of hydrogen-bond donors (Lipinski definition) is 0. The van der Waals surface area contributed by atoms with Gasteiger partial charge in [0.2, 0.25) is 11.8 Å². The molecule has 166 valence electrons. The van der Waals surface area contributed by atoms with E-state index in [-0.39, 0.29) is 11.9 Å². The first-order chi connectivity index (χ1) is 16.1. The first-order valence-corrected chi connectivity index (χ1v) is 11.4. The molecule has 6 heteroatoms. The van der Waals surface area contributed by atoms with Crippen molar-refractivity contribution >= 4 is 11.9 Å². The summed E-state index contributed by atoms with van der Waals surface area (Å²) < 4.78 is 11.6. The van der Waals surface area contributed by atoms with Crippen molar-refractivity contribution in [3.63, 3.8) is 0 Å². The number of aromatic nitrogens is 1. The second-order valence-corrected chi connectivity index (χ2v) is 9.14. The van der Waals surface area contributed by atoms with Crippen molar-refractivity contribution in [2.45, 2.75) is 36.9 Å². The molecule has 0 radical (unpaired) electrons. The topological polar surface area (TPSA) is 68.7 Å². The quantitative estimate of drug-likeness (QED) is 0.561. The number of pyridine rings is 1. The summed E-state index contributed by atoms with van der Waals surface area (Å²) in [6, 6.07) is 21.2. The average molecular weight is 440 g/mol. The molecule has 1 saturated carbocycles. The third-order valence-electron chi connectivity index (χ3n) is 7.14. The number of carbonyl (C=O) groups excluding carboxylic acids is 2. The van der Waals surface area contributed by atoms with Gasteiger partial charge >= 0.3 is 5.97 Å². The van der Waals surface area contributed by atoms with Crippen LogP contribution < -0.4 is 4.74 Å². The number of carbonyl (C=O) groups is 2. The fraction of sp³-hybridized carbons (Fsp3) is 0.296. The molecule has 0 N–H and O–H groups in total. The lowest BCUT2D eigenvalue weighted by molar-refractivity contribution is -0.134. The predicted octanol–water partition coefficient (Wildman–Crippen LogP) is 3.99. The molecule has 1 amide bonds. The Bertz CT molecular complexity index is 1220. The van der Waals surface area contributed by atoms with Crippen molar-refractivity contribution in [3.8, 4) is 5.88 Å². The zero-order valence-corrected chi connectivity index (χ0v) is 18.2. The van der Waals surface area contributed by atoms with Gasteiger partial charge < -0.3 is 14.4 Å². The molecule has 3 aromatic rings. The smallest absolute Gasteiger partial charge is 0.339 e. The summed E-state index contributed by atoms with van der Waals surface area (Å²) in [5.74, 6) is 0.439. The van der Waals surface area contributed by atoms with Gasteiger partial charge in [-0.1, -0.05) is 48.5 Å². The maximum atomic E-state index is 13.6. The maximum Gasteiger partial charge on any atom is 0.339 e. The Balaban J connectivity index is 1.16. The minimum atomic E-state index is -0.702. The summed E-state index contributed by atoms with van der Waals surface area (Å²) >= 11 is 0. The molecule has 3 aliphatic rings. The van der Waals surface area contributed by atoms with Crippen LogP contribution in [0.4, 0.5) is 0 Å². The van der Waals surface area contributed by atoms with Crippen LogP contribution in [-0.2, 0) is 27.2 Å². The minimum Gasteiger partial charge on any atom is -0.473 e. The van der Waals surface area contributed by atoms with Gasteiger partial charge in [-0.15, -0.1) is 0 Å². The number of esters is 1. The highest BCUT2D eigenvalue weighted by Crippen LogP contribution is 2.52. The summed E-state index contributed by atoms with van der Waals surface area (Å²) in [6.07, 6.45) is 4.03. The average Bonchev–Trinajstić information content (AvgIpc) is 3.49. The van der Waals surface area contributed by atoms with Crippen LogP contribution in [0.1, 0.15) is 46.3 Å². The summed E-state index contributed by atoms with van der Waals surface area (Å²) in [6.45, 7) is 1.45. The fourth-order valence-electron chi connectivity index (χ4n) is 5.17. The van der Waals surface area contributed by atoms with E-state index in [0.717, 1.165) is 29.5 Å². The van der Waals surface area contributed by atoms with E-state index >= 15 is 0 Å². The number of ether oxygens (including phenoxy) is 2. The Morgan fingerprint density at radius 2 is 1.79 bits per heavy atom. The summed E-state index contributed by atoms with van der Waals surface area (Å²) in [7, 11) is 0. The highest BCUT2D eigenvalue weighted by molar-refractivity contribution is 5.96. The van der Waals surface area contributed by atoms with Crippen molar-refractivity contribution < 1.29 is 19.1 Å². The van der Waals surface area contributed by atoms with Crippen LogP contribution in [0.2, 0.25) is 0 Å². The standard InChI is InChI=1S/C27H24N2O4/c30-24-21-5-1-2-6-22(21)27(33-24)14-16-29(18-27)25(31)26(12-13-26)20-10-8-19(9-11-20)17-32-23-7-3-4-15-28-23/h1-11,15H,12-14,16-18H2. The van der Waals surface area contributed by atoms with E-state index < -0.39 is 11.0 Å². The van der Waals surface area contributed by atoms with Crippen LogP contribution in [0.25, 0.3) is 0 Å². The Morgan fingerprint density at radius 1 is 1.00 bits per heavy atom. The molecule has 33 heavy (non-hydrogen) atoms. The first kappa shape index (κ1) is 20.0. The van der Waals surface area contributed by atoms with Crippen LogP contribution in [0.3, 0.4) is 0 Å². The zero-order chi connectivity index (χ0) is 22.5. The first-order valence-electron chi connectivity index (χ1n) is 11.4. The maximum absolute atomic E-state index is 13.6. The van der Waals surface area contributed by atoms with Crippen molar-refractivity contribution in [2.24, 2.45) is 0 Å². The van der Waals surface area contributed by atoms with Gasteiger partial charge in [0, 0.05) is 30.8 Å². The molecule has 1 aliphatic carbocycles. The summed E-state index contributed by atoms with van der Waals surface area (Å²) in [4.78, 5) is 32.0. The highest BCUT2D eigenvalue weighted by atomic mass is 16.6. The van der Waals surface area contributed by atoms with Crippen LogP contribution in [0.15, 0.2) is 72.9 Å². The molecule has 2 aliphatic heterocycles. The van der Waals surface area contributed by atoms with Gasteiger partial charge in [0.1, 0.15) is 6.61 Å². The molecule has 1 atom stereocenters. The van der Waals surface area contributed by atoms with Crippen LogP contribution >= 0.6 is 0 Å². The molecule has 0 bridgehead atoms. The van der Waals surface area contributed by atoms with Gasteiger partial charge in [-0.3, -0.25) is 4.79 Å². The Labute approximate surface area is 192 Å². The number of amides is 1. The lowest BCUT2D eigenvalue weighted by Gasteiger charge is -2.27. The van der Waals surface area contributed by atoms with E-state index in [9.17, 15) is 9.59 Å². The van der Waals surface area contributed by atoms with Gasteiger partial charge in [0.05, 0.1) is 17.5 Å². The molecule has 1 aromatic heterocycles. The molecular formula is C27H24N2O4. The summed E-state index contributed by atoms with van der Waals surface area (Å²) in [5, 5.41) is 0. The molecule has 1 unspecified atom stereocenters. The number of rotatable bonds is 5. The number of benzene rings is 2. The molecule has 1 spiro atoms. The van der Waals surface area contributed by atoms with Crippen molar-refractivity contribution in [2.75, 3.05) is 13.1 Å². The van der Waals surface area contributed by atoms with Crippen molar-refractivity contribution in [1.82, 2.24) is 9.88 Å². The normalized spacial score (nSPS) is 22.2. The highest BCUT2D eigenvalue weighted by Gasteiger charge is 2.57. The zero-order valence-electron chi connectivity index (χ0n) is 18.2. The van der Waals surface area contributed by atoms with Crippen molar-refractivity contribution in [3.05, 3.63) is 95.2 Å². The molecule has 6 nitrogen and oxygen atoms in total. The van der Waals surface area contributed by atoms with E-state index in [4.69, 9.17) is 9.47 Å². The van der Waals surface area contributed by atoms with E-state index in [0.29, 0.717) is 37.6 Å². The van der Waals surface area contributed by atoms with E-state index in [1.165, 1.54) is 0 Å². The lowest BCUT2D eigenvalue weighted by atomic mass is 9.91. The van der Waals surface area contributed by atoms with Crippen LogP contribution in [0, 0.1) is 0 Å². The third kappa shape index (κ3) is 3.28. The Hall–Kier alpha value is -3.67. The van der Waals surface area contributed by atoms with Crippen LogP contribution in [0.5, 0.6) is 5.88 Å². The van der Waals surface area contributed by atoms with Crippen LogP contribution in [-0.4, -0.2) is 34.8 Å². The van der Waals surface area contributed by atoms with E-state index in [2.05, 4.69) is 4.98 Å². The molecule has 2 aromatic carbocycles. The van der Waals surface area contributed by atoms with Gasteiger partial charge in [-0.05, 0) is 36.1 Å². The van der Waals surface area contributed by atoms with Crippen molar-refractivity contribution in [1.29, 1.82) is 0 Å². The molecular weight excluding hydrogens is 416 g/mol. The molecule has 1 saturated heterocycles. The largest absolute Gasteiger partial charge is 0.473 e. The number of nitrogens with zero attached hydrogens (tertiary/aromatic N) is 2. The second kappa shape index (κ2) is 7.44. The molecule has 6 rings (SSSR count). The minimum absolute atomic E-state index is 0.136. The molecule has 2 fully saturated rings. The van der Waals surface area contributed by atoms with E-state index in [1.807, 2.05) is 65.6 Å². The SMILES string of the molecule is O=C1OC2(CCN(C(=O)C3(c4ccc(COc5ccccn5)cc4)CC3)C2)c2ccccc21. The van der Waals surface area contributed by atoms with Gasteiger partial charge in [0.25, 0.3) is 0 Å². The summed E-state index contributed by atoms with van der Waals surface area (Å²) in [5.41, 5.74) is 2.44. The Kier molecular flexibility index (Phi) is 4.50. The Morgan fingerprint density at radius 3 is 2.55 bits per heavy atom. The fourth-order valence-corrected chi connectivity index (χ4v) is 5.17. The van der Waals surface area contributed by atoms with Gasteiger partial charge in [0.15, 0.2) is 5.60 Å². The number of likely N-dealkylation sites (tertiary alicyclic amines) is 1. The third-order valence-corrected chi connectivity index (χ3v) is 7.14. The monoisotopic (exact) mass is 440 g/mol. The van der Waals surface area contributed by atoms with Gasteiger partial charge in [-0.25, -0.2) is 9.78 Å². The molecule has 3 heterocycles.